The number of methoxy groups -OCH3 is 1. The smallest absolute Gasteiger partial charge is 0.322 e. The Morgan fingerprint density at radius 2 is 2.06 bits per heavy atom. The molecule has 1 atom stereocenters. The van der Waals surface area contributed by atoms with Crippen molar-refractivity contribution in [3.05, 3.63) is 0 Å². The van der Waals surface area contributed by atoms with Gasteiger partial charge in [-0.05, 0) is 52.4 Å². The van der Waals surface area contributed by atoms with Crippen LogP contribution in [0.1, 0.15) is 19.3 Å². The van der Waals surface area contributed by atoms with Gasteiger partial charge in [0.05, 0.1) is 7.11 Å². The summed E-state index contributed by atoms with van der Waals surface area (Å²) < 4.78 is 4.62. The highest BCUT2D eigenvalue weighted by molar-refractivity contribution is 5.75. The zero-order chi connectivity index (χ0) is 13.5. The Bertz CT molecular complexity index is 251. The Balaban J connectivity index is 2.17. The van der Waals surface area contributed by atoms with Crippen molar-refractivity contribution in [2.45, 2.75) is 25.3 Å². The van der Waals surface area contributed by atoms with Crippen LogP contribution in [0, 0.1) is 5.92 Å². The topological polar surface area (TPSA) is 58.8 Å². The van der Waals surface area contributed by atoms with E-state index in [9.17, 15) is 4.79 Å². The fraction of sp³-hybridized carbons (Fsp3) is 0.923. The third kappa shape index (κ3) is 5.33. The third-order valence-corrected chi connectivity index (χ3v) is 3.59. The SMILES string of the molecule is COC(=O)C(N)CCN1CCC(CN(C)C)CC1. The molecule has 0 saturated carbocycles. The number of nitrogens with zero attached hydrogens (tertiary/aromatic N) is 2. The average Bonchev–Trinajstić information content (AvgIpc) is 2.36. The quantitative estimate of drug-likeness (QED) is 0.686. The summed E-state index contributed by atoms with van der Waals surface area (Å²) in [5.74, 6) is 0.503. The van der Waals surface area contributed by atoms with Crippen molar-refractivity contribution in [3.8, 4) is 0 Å². The van der Waals surface area contributed by atoms with Crippen LogP contribution in [0.15, 0.2) is 0 Å². The molecule has 1 fully saturated rings. The molecule has 5 heteroatoms. The molecule has 0 spiro atoms. The molecule has 0 aromatic rings. The number of hydrogen-bond donors (Lipinski definition) is 1. The van der Waals surface area contributed by atoms with Gasteiger partial charge in [0.15, 0.2) is 0 Å². The molecule has 1 unspecified atom stereocenters. The summed E-state index contributed by atoms with van der Waals surface area (Å²) in [6.07, 6.45) is 3.17. The highest BCUT2D eigenvalue weighted by Crippen LogP contribution is 2.17. The van der Waals surface area contributed by atoms with Gasteiger partial charge in [0.1, 0.15) is 6.04 Å². The van der Waals surface area contributed by atoms with Gasteiger partial charge in [0.25, 0.3) is 0 Å². The first-order chi connectivity index (χ1) is 8.52. The van der Waals surface area contributed by atoms with E-state index in [2.05, 4.69) is 28.6 Å². The molecule has 0 radical (unpaired) electrons. The molecule has 0 bridgehead atoms. The Morgan fingerprint density at radius 1 is 1.44 bits per heavy atom. The first-order valence-corrected chi connectivity index (χ1v) is 6.73. The molecule has 0 aromatic carbocycles. The standard InChI is InChI=1S/C13H27N3O2/c1-15(2)10-11-4-7-16(8-5-11)9-6-12(14)13(17)18-3/h11-12H,4-10,14H2,1-3H3. The largest absolute Gasteiger partial charge is 0.468 e. The summed E-state index contributed by atoms with van der Waals surface area (Å²) in [6, 6.07) is -0.477. The van der Waals surface area contributed by atoms with Crippen molar-refractivity contribution in [2.24, 2.45) is 11.7 Å². The Hall–Kier alpha value is -0.650. The highest BCUT2D eigenvalue weighted by Gasteiger charge is 2.21. The summed E-state index contributed by atoms with van der Waals surface area (Å²) in [4.78, 5) is 15.8. The highest BCUT2D eigenvalue weighted by atomic mass is 16.5. The van der Waals surface area contributed by atoms with Gasteiger partial charge >= 0.3 is 5.97 Å². The van der Waals surface area contributed by atoms with Gasteiger partial charge in [-0.25, -0.2) is 0 Å². The molecule has 5 nitrogen and oxygen atoms in total. The summed E-state index contributed by atoms with van der Waals surface area (Å²) in [7, 11) is 5.64. The second-order valence-corrected chi connectivity index (χ2v) is 5.47. The molecule has 106 valence electrons. The van der Waals surface area contributed by atoms with Gasteiger partial charge in [-0.3, -0.25) is 4.79 Å². The van der Waals surface area contributed by atoms with Crippen LogP contribution in [0.4, 0.5) is 0 Å². The molecular formula is C13H27N3O2. The summed E-state index contributed by atoms with van der Waals surface area (Å²) >= 11 is 0. The zero-order valence-corrected chi connectivity index (χ0v) is 11.9. The summed E-state index contributed by atoms with van der Waals surface area (Å²) in [6.45, 7) is 4.30. The van der Waals surface area contributed by atoms with E-state index >= 15 is 0 Å². The first-order valence-electron chi connectivity index (χ1n) is 6.73. The van der Waals surface area contributed by atoms with Crippen LogP contribution < -0.4 is 5.73 Å². The number of piperidine rings is 1. The van der Waals surface area contributed by atoms with Gasteiger partial charge in [-0.2, -0.15) is 0 Å². The molecule has 1 aliphatic heterocycles. The Kier molecular flexibility index (Phi) is 6.60. The van der Waals surface area contributed by atoms with Crippen molar-refractivity contribution in [2.75, 3.05) is 47.4 Å². The summed E-state index contributed by atoms with van der Waals surface area (Å²) in [5, 5.41) is 0. The van der Waals surface area contributed by atoms with Crippen LogP contribution in [0.25, 0.3) is 0 Å². The number of nitrogens with two attached hydrogens (primary N) is 1. The lowest BCUT2D eigenvalue weighted by Gasteiger charge is -2.33. The molecule has 2 N–H and O–H groups in total. The molecular weight excluding hydrogens is 230 g/mol. The second-order valence-electron chi connectivity index (χ2n) is 5.47. The number of carbonyl (C=O) groups excluding carboxylic acids is 1. The Labute approximate surface area is 110 Å². The minimum atomic E-state index is -0.477. The number of likely N-dealkylation sites (tertiary alicyclic amines) is 1. The molecule has 1 saturated heterocycles. The van der Waals surface area contributed by atoms with Gasteiger partial charge in [0, 0.05) is 13.1 Å². The lowest BCUT2D eigenvalue weighted by atomic mass is 9.96. The van der Waals surface area contributed by atoms with E-state index < -0.39 is 6.04 Å². The van der Waals surface area contributed by atoms with E-state index in [1.165, 1.54) is 26.5 Å². The van der Waals surface area contributed by atoms with E-state index in [1.807, 2.05) is 0 Å². The second kappa shape index (κ2) is 7.71. The van der Waals surface area contributed by atoms with Crippen molar-refractivity contribution in [1.82, 2.24) is 9.80 Å². The molecule has 1 heterocycles. The third-order valence-electron chi connectivity index (χ3n) is 3.59. The van der Waals surface area contributed by atoms with Crippen LogP contribution in [0.2, 0.25) is 0 Å². The van der Waals surface area contributed by atoms with Crippen molar-refractivity contribution < 1.29 is 9.53 Å². The van der Waals surface area contributed by atoms with Gasteiger partial charge in [0.2, 0.25) is 0 Å². The van der Waals surface area contributed by atoms with Crippen LogP contribution in [-0.4, -0.2) is 69.2 Å². The lowest BCUT2D eigenvalue weighted by Crippen LogP contribution is -2.41. The van der Waals surface area contributed by atoms with Crippen LogP contribution in [-0.2, 0) is 9.53 Å². The van der Waals surface area contributed by atoms with Crippen molar-refractivity contribution in [1.29, 1.82) is 0 Å². The van der Waals surface area contributed by atoms with E-state index in [-0.39, 0.29) is 5.97 Å². The van der Waals surface area contributed by atoms with E-state index in [4.69, 9.17) is 5.73 Å². The summed E-state index contributed by atoms with van der Waals surface area (Å²) in [5.41, 5.74) is 5.73. The Morgan fingerprint density at radius 3 is 2.56 bits per heavy atom. The number of hydrogen-bond acceptors (Lipinski definition) is 5. The monoisotopic (exact) mass is 257 g/mol. The maximum atomic E-state index is 11.2. The predicted octanol–water partition coefficient (Wildman–Crippen LogP) is 0.150. The number of ether oxygens (including phenoxy) is 1. The van der Waals surface area contributed by atoms with Crippen LogP contribution in [0.3, 0.4) is 0 Å². The first kappa shape index (κ1) is 15.4. The van der Waals surface area contributed by atoms with E-state index in [1.54, 1.807) is 0 Å². The van der Waals surface area contributed by atoms with E-state index in [0.29, 0.717) is 6.42 Å². The number of rotatable bonds is 6. The predicted molar refractivity (Wildman–Crippen MR) is 72.3 cm³/mol. The average molecular weight is 257 g/mol. The molecule has 1 aliphatic rings. The maximum Gasteiger partial charge on any atom is 0.322 e. The lowest BCUT2D eigenvalue weighted by molar-refractivity contribution is -0.142. The van der Waals surface area contributed by atoms with Gasteiger partial charge in [-0.1, -0.05) is 0 Å². The van der Waals surface area contributed by atoms with Gasteiger partial charge in [-0.15, -0.1) is 0 Å². The number of esters is 1. The van der Waals surface area contributed by atoms with Crippen LogP contribution >= 0.6 is 0 Å². The minimum Gasteiger partial charge on any atom is -0.468 e. The molecule has 0 amide bonds. The van der Waals surface area contributed by atoms with Gasteiger partial charge < -0.3 is 20.3 Å². The fourth-order valence-electron chi connectivity index (χ4n) is 2.50. The van der Waals surface area contributed by atoms with Crippen LogP contribution in [0.5, 0.6) is 0 Å². The fourth-order valence-corrected chi connectivity index (χ4v) is 2.50. The molecule has 18 heavy (non-hydrogen) atoms. The minimum absolute atomic E-state index is 0.308. The van der Waals surface area contributed by atoms with Crippen molar-refractivity contribution in [3.63, 3.8) is 0 Å². The maximum absolute atomic E-state index is 11.2. The van der Waals surface area contributed by atoms with E-state index in [0.717, 1.165) is 25.6 Å². The van der Waals surface area contributed by atoms with Crippen molar-refractivity contribution >= 4 is 5.97 Å². The normalized spacial score (nSPS) is 20.1. The molecule has 0 aromatic heterocycles. The molecule has 1 rings (SSSR count). The zero-order valence-electron chi connectivity index (χ0n) is 11.9. The number of carbonyl (C=O) groups is 1. The molecule has 0 aliphatic carbocycles.